The molecule has 2 aromatic carbocycles. The molecule has 1 saturated heterocycles. The number of carbonyl (C=O) groups is 1. The molecule has 1 amide bonds. The molecule has 1 saturated carbocycles. The van der Waals surface area contributed by atoms with E-state index in [1.165, 1.54) is 0 Å². The maximum atomic E-state index is 15.5. The van der Waals surface area contributed by atoms with Crippen LogP contribution in [0.15, 0.2) is 30.3 Å². The van der Waals surface area contributed by atoms with E-state index in [0.29, 0.717) is 18.2 Å². The van der Waals surface area contributed by atoms with Crippen molar-refractivity contribution in [2.24, 2.45) is 5.41 Å². The summed E-state index contributed by atoms with van der Waals surface area (Å²) in [6.45, 7) is -1.74. The monoisotopic (exact) mass is 554 g/mol. The number of nitrogens with one attached hydrogen (secondary N) is 1. The summed E-state index contributed by atoms with van der Waals surface area (Å²) in [4.78, 5) is 13.6. The summed E-state index contributed by atoms with van der Waals surface area (Å²) in [7, 11) is -5.20. The Morgan fingerprint density at radius 2 is 1.65 bits per heavy atom. The molecule has 1 aliphatic carbocycles. The topological polar surface area (TPSA) is 86.7 Å². The van der Waals surface area contributed by atoms with Crippen molar-refractivity contribution in [3.05, 3.63) is 59.2 Å². The van der Waals surface area contributed by atoms with Crippen LogP contribution in [0.25, 0.3) is 11.1 Å². The fraction of sp³-hybridized carbons (Fsp3) is 0.435. The van der Waals surface area contributed by atoms with Crippen LogP contribution in [0.1, 0.15) is 18.4 Å². The van der Waals surface area contributed by atoms with Crippen LogP contribution in [0, 0.1) is 28.7 Å². The zero-order valence-corrected chi connectivity index (χ0v) is 19.7. The highest BCUT2D eigenvalue weighted by Gasteiger charge is 2.62. The van der Waals surface area contributed by atoms with Gasteiger partial charge >= 0.3 is 5.76 Å². The van der Waals surface area contributed by atoms with Crippen molar-refractivity contribution in [3.8, 4) is 11.1 Å². The molecule has 1 aliphatic heterocycles. The molecule has 1 unspecified atom stereocenters. The number of rotatable bonds is 8. The van der Waals surface area contributed by atoms with Crippen molar-refractivity contribution < 1.29 is 49.1 Å². The highest BCUT2D eigenvalue weighted by atomic mass is 32.2. The number of aliphatic hydroxyl groups excluding tert-OH is 1. The number of hydrogen-bond acceptors (Lipinski definition) is 4. The van der Waals surface area contributed by atoms with Gasteiger partial charge in [-0.3, -0.25) is 4.79 Å². The summed E-state index contributed by atoms with van der Waals surface area (Å²) >= 11 is 0. The van der Waals surface area contributed by atoms with Gasteiger partial charge in [-0.05, 0) is 54.7 Å². The molecule has 0 bridgehead atoms. The van der Waals surface area contributed by atoms with E-state index in [1.807, 2.05) is 4.72 Å². The second-order valence-corrected chi connectivity index (χ2v) is 10.9. The number of halogens is 7. The number of amides is 1. The molecule has 1 heterocycles. The van der Waals surface area contributed by atoms with E-state index in [2.05, 4.69) is 0 Å². The molecule has 37 heavy (non-hydrogen) atoms. The van der Waals surface area contributed by atoms with Gasteiger partial charge in [-0.2, -0.15) is 8.78 Å². The Balaban J connectivity index is 1.78. The summed E-state index contributed by atoms with van der Waals surface area (Å²) in [6, 6.07) is 0.613. The summed E-state index contributed by atoms with van der Waals surface area (Å²) in [5, 5.41) is 9.78. The molecule has 2 fully saturated rings. The van der Waals surface area contributed by atoms with E-state index in [0.717, 1.165) is 17.0 Å². The van der Waals surface area contributed by atoms with Crippen molar-refractivity contribution in [1.29, 1.82) is 0 Å². The number of nitrogens with zero attached hydrogens (tertiary/aromatic N) is 1. The van der Waals surface area contributed by atoms with Crippen LogP contribution in [0.2, 0.25) is 0 Å². The highest BCUT2D eigenvalue weighted by Crippen LogP contribution is 2.56. The van der Waals surface area contributed by atoms with Gasteiger partial charge in [0.15, 0.2) is 6.10 Å². The third-order valence-electron chi connectivity index (χ3n) is 6.78. The molecule has 6 nitrogen and oxygen atoms in total. The Morgan fingerprint density at radius 3 is 2.19 bits per heavy atom. The molecule has 202 valence electrons. The van der Waals surface area contributed by atoms with E-state index >= 15 is 4.39 Å². The first-order valence-electron chi connectivity index (χ1n) is 11.1. The third-order valence-corrected chi connectivity index (χ3v) is 7.83. The first-order valence-corrected chi connectivity index (χ1v) is 12.6. The van der Waals surface area contributed by atoms with Crippen LogP contribution >= 0.6 is 0 Å². The number of sulfonamides is 1. The minimum atomic E-state index is -5.20. The van der Waals surface area contributed by atoms with Crippen LogP contribution in [0.4, 0.5) is 30.7 Å². The van der Waals surface area contributed by atoms with Crippen molar-refractivity contribution >= 4 is 15.9 Å². The van der Waals surface area contributed by atoms with Gasteiger partial charge in [0.2, 0.25) is 0 Å². The lowest BCUT2D eigenvalue weighted by atomic mass is 9.91. The van der Waals surface area contributed by atoms with Crippen LogP contribution in [-0.2, 0) is 21.2 Å². The fourth-order valence-electron chi connectivity index (χ4n) is 4.87. The highest BCUT2D eigenvalue weighted by molar-refractivity contribution is 7.89. The lowest BCUT2D eigenvalue weighted by molar-refractivity contribution is -0.142. The Hall–Kier alpha value is -2.71. The van der Waals surface area contributed by atoms with Gasteiger partial charge in [0, 0.05) is 29.6 Å². The molecule has 14 heteroatoms. The lowest BCUT2D eigenvalue weighted by Crippen LogP contribution is -2.52. The van der Waals surface area contributed by atoms with Gasteiger partial charge < -0.3 is 10.0 Å². The van der Waals surface area contributed by atoms with Crippen molar-refractivity contribution in [3.63, 3.8) is 0 Å². The van der Waals surface area contributed by atoms with Crippen LogP contribution in [-0.4, -0.2) is 61.5 Å². The van der Waals surface area contributed by atoms with Gasteiger partial charge in [-0.15, -0.1) is 0 Å². The average molecular weight is 554 g/mol. The Labute approximate surface area is 207 Å². The Kier molecular flexibility index (Phi) is 7.29. The molecule has 2 aromatic rings. The van der Waals surface area contributed by atoms with E-state index in [1.54, 1.807) is 0 Å². The Morgan fingerprint density at radius 1 is 1.05 bits per heavy atom. The largest absolute Gasteiger partial charge is 0.381 e. The van der Waals surface area contributed by atoms with Gasteiger partial charge in [0.05, 0.1) is 6.04 Å². The van der Waals surface area contributed by atoms with E-state index in [-0.39, 0.29) is 24.9 Å². The number of carbonyl (C=O) groups excluding carboxylic acids is 1. The van der Waals surface area contributed by atoms with Crippen molar-refractivity contribution in [2.75, 3.05) is 13.2 Å². The summed E-state index contributed by atoms with van der Waals surface area (Å²) in [5.74, 6) is -9.33. The quantitative estimate of drug-likeness (QED) is 0.491. The zero-order valence-electron chi connectivity index (χ0n) is 18.9. The number of likely N-dealkylation sites (tertiary alicyclic amines) is 1. The SMILES string of the molecule is O=C(C(O)CF)N1CC2(CC2)[C@H](NS(=O)(=O)C(F)F)[C@@H]1Cc1cc(F)cc(-c2cc(F)cc(F)c2)c1F. The van der Waals surface area contributed by atoms with Gasteiger partial charge in [0.25, 0.3) is 15.9 Å². The maximum Gasteiger partial charge on any atom is 0.350 e. The smallest absolute Gasteiger partial charge is 0.350 e. The normalized spacial score (nSPS) is 21.6. The Bertz CT molecular complexity index is 1300. The van der Waals surface area contributed by atoms with Crippen LogP contribution in [0.3, 0.4) is 0 Å². The predicted molar refractivity (Wildman–Crippen MR) is 116 cm³/mol. The third kappa shape index (κ3) is 5.32. The standard InChI is InChI=1S/C23H21F7N2O4S/c24-9-18(33)21(34)32-10-23(1-2-23)20(31-37(35,36)22(29)30)17(32)6-12-5-15(27)8-16(19(12)28)11-3-13(25)7-14(26)4-11/h3-5,7-8,17-18,20,22,31,33H,1-2,6,9-10H2/t17-,18?,20+/m0/s1. The molecular formula is C23H21F7N2O4S. The summed E-state index contributed by atoms with van der Waals surface area (Å²) in [5.41, 5.74) is -2.39. The predicted octanol–water partition coefficient (Wildman–Crippen LogP) is 3.28. The first-order chi connectivity index (χ1) is 17.3. The minimum absolute atomic E-state index is 0.247. The zero-order chi connectivity index (χ0) is 27.3. The number of hydrogen-bond donors (Lipinski definition) is 2. The van der Waals surface area contributed by atoms with Crippen LogP contribution in [0.5, 0.6) is 0 Å². The molecule has 4 rings (SSSR count). The molecule has 2 aliphatic rings. The number of alkyl halides is 3. The second-order valence-electron chi connectivity index (χ2n) is 9.26. The second kappa shape index (κ2) is 9.87. The van der Waals surface area contributed by atoms with Crippen molar-refractivity contribution in [1.82, 2.24) is 9.62 Å². The van der Waals surface area contributed by atoms with Crippen molar-refractivity contribution in [2.45, 2.75) is 43.2 Å². The van der Waals surface area contributed by atoms with E-state index in [4.69, 9.17) is 0 Å². The molecule has 3 atom stereocenters. The molecule has 1 spiro atoms. The first kappa shape index (κ1) is 27.3. The van der Waals surface area contributed by atoms with E-state index in [9.17, 15) is 44.7 Å². The van der Waals surface area contributed by atoms with E-state index < -0.39 is 92.8 Å². The molecule has 0 aromatic heterocycles. The summed E-state index contributed by atoms with van der Waals surface area (Å²) < 4.78 is 123. The molecular weight excluding hydrogens is 533 g/mol. The average Bonchev–Trinajstić information content (AvgIpc) is 3.54. The number of benzene rings is 2. The van der Waals surface area contributed by atoms with Gasteiger partial charge in [0.1, 0.15) is 29.9 Å². The molecule has 2 N–H and O–H groups in total. The van der Waals surface area contributed by atoms with Gasteiger partial charge in [-0.25, -0.2) is 35.1 Å². The minimum Gasteiger partial charge on any atom is -0.381 e. The van der Waals surface area contributed by atoms with Gasteiger partial charge in [-0.1, -0.05) is 0 Å². The number of aliphatic hydroxyl groups is 1. The van der Waals surface area contributed by atoms with Crippen LogP contribution < -0.4 is 4.72 Å². The lowest BCUT2D eigenvalue weighted by Gasteiger charge is -2.30. The summed E-state index contributed by atoms with van der Waals surface area (Å²) in [6.07, 6.45) is -2.21. The maximum absolute atomic E-state index is 15.5. The molecule has 0 radical (unpaired) electrons. The fourth-order valence-corrected chi connectivity index (χ4v) is 5.73.